The largest absolute Gasteiger partial charge is 0.465 e. The number of ether oxygens (including phenoxy) is 1. The van der Waals surface area contributed by atoms with Crippen LogP contribution in [0.4, 0.5) is 11.4 Å². The van der Waals surface area contributed by atoms with Crippen LogP contribution in [-0.2, 0) is 4.74 Å². The van der Waals surface area contributed by atoms with Gasteiger partial charge in [-0.3, -0.25) is 4.79 Å². The monoisotopic (exact) mass is 290 g/mol. The molecule has 0 fully saturated rings. The van der Waals surface area contributed by atoms with Gasteiger partial charge in [0.25, 0.3) is 5.91 Å². The third-order valence-electron chi connectivity index (χ3n) is 2.82. The molecular formula is C14H14N2O3S. The Bertz CT molecular complexity index is 664. The Morgan fingerprint density at radius 2 is 2.05 bits per heavy atom. The van der Waals surface area contributed by atoms with E-state index in [9.17, 15) is 9.59 Å². The SMILES string of the molecule is COC(=O)c1sccc1NC(=O)c1ccc(N)c(C)c1. The lowest BCUT2D eigenvalue weighted by molar-refractivity contribution is 0.0607. The van der Waals surface area contributed by atoms with Gasteiger partial charge >= 0.3 is 5.97 Å². The van der Waals surface area contributed by atoms with Gasteiger partial charge < -0.3 is 15.8 Å². The highest BCUT2D eigenvalue weighted by atomic mass is 32.1. The number of hydrogen-bond donors (Lipinski definition) is 2. The zero-order valence-electron chi connectivity index (χ0n) is 11.1. The van der Waals surface area contributed by atoms with Crippen molar-refractivity contribution in [2.75, 3.05) is 18.2 Å². The molecule has 0 radical (unpaired) electrons. The topological polar surface area (TPSA) is 81.4 Å². The minimum Gasteiger partial charge on any atom is -0.465 e. The summed E-state index contributed by atoms with van der Waals surface area (Å²) in [5.74, 6) is -0.763. The van der Waals surface area contributed by atoms with Crippen LogP contribution in [0.15, 0.2) is 29.6 Å². The number of esters is 1. The Morgan fingerprint density at radius 1 is 1.30 bits per heavy atom. The van der Waals surface area contributed by atoms with Crippen LogP contribution in [0.25, 0.3) is 0 Å². The van der Waals surface area contributed by atoms with E-state index in [2.05, 4.69) is 10.1 Å². The van der Waals surface area contributed by atoms with Gasteiger partial charge in [-0.05, 0) is 42.1 Å². The molecule has 0 aliphatic rings. The molecular weight excluding hydrogens is 276 g/mol. The van der Waals surface area contributed by atoms with Gasteiger partial charge in [-0.15, -0.1) is 11.3 Å². The van der Waals surface area contributed by atoms with Gasteiger partial charge in [-0.2, -0.15) is 0 Å². The Balaban J connectivity index is 2.22. The number of rotatable bonds is 3. The molecule has 1 heterocycles. The number of thiophene rings is 1. The van der Waals surface area contributed by atoms with Crippen LogP contribution in [0, 0.1) is 6.92 Å². The summed E-state index contributed by atoms with van der Waals surface area (Å²) in [6.45, 7) is 1.83. The van der Waals surface area contributed by atoms with Crippen LogP contribution in [0.2, 0.25) is 0 Å². The predicted octanol–water partition coefficient (Wildman–Crippen LogP) is 2.68. The van der Waals surface area contributed by atoms with Crippen molar-refractivity contribution in [3.8, 4) is 0 Å². The van der Waals surface area contributed by atoms with Gasteiger partial charge in [-0.25, -0.2) is 4.79 Å². The van der Waals surface area contributed by atoms with Gasteiger partial charge in [0.15, 0.2) is 0 Å². The molecule has 0 unspecified atom stereocenters. The number of hydrogen-bond acceptors (Lipinski definition) is 5. The molecule has 2 aromatic rings. The molecule has 1 aromatic heterocycles. The summed E-state index contributed by atoms with van der Waals surface area (Å²) in [4.78, 5) is 24.0. The van der Waals surface area contributed by atoms with Gasteiger partial charge in [-0.1, -0.05) is 0 Å². The second kappa shape index (κ2) is 5.75. The fourth-order valence-corrected chi connectivity index (χ4v) is 2.44. The van der Waals surface area contributed by atoms with Gasteiger partial charge in [0.2, 0.25) is 0 Å². The Labute approximate surface area is 120 Å². The minimum atomic E-state index is -0.469. The third kappa shape index (κ3) is 2.80. The lowest BCUT2D eigenvalue weighted by Gasteiger charge is -2.07. The molecule has 0 aliphatic carbocycles. The number of methoxy groups -OCH3 is 1. The highest BCUT2D eigenvalue weighted by Crippen LogP contribution is 2.24. The first-order valence-electron chi connectivity index (χ1n) is 5.86. The maximum absolute atomic E-state index is 12.1. The van der Waals surface area contributed by atoms with Crippen molar-refractivity contribution in [3.05, 3.63) is 45.6 Å². The van der Waals surface area contributed by atoms with Crippen molar-refractivity contribution in [1.29, 1.82) is 0 Å². The number of benzene rings is 1. The molecule has 1 amide bonds. The molecule has 0 bridgehead atoms. The van der Waals surface area contributed by atoms with E-state index in [1.54, 1.807) is 29.6 Å². The van der Waals surface area contributed by atoms with Crippen molar-refractivity contribution in [1.82, 2.24) is 0 Å². The standard InChI is InChI=1S/C14H14N2O3S/c1-8-7-9(3-4-10(8)15)13(17)16-11-5-6-20-12(11)14(18)19-2/h3-7H,15H2,1-2H3,(H,16,17). The number of carbonyl (C=O) groups excluding carboxylic acids is 2. The highest BCUT2D eigenvalue weighted by Gasteiger charge is 2.16. The van der Waals surface area contributed by atoms with Crippen LogP contribution in [0.5, 0.6) is 0 Å². The fraction of sp³-hybridized carbons (Fsp3) is 0.143. The van der Waals surface area contributed by atoms with Gasteiger partial charge in [0, 0.05) is 11.3 Å². The van der Waals surface area contributed by atoms with Crippen molar-refractivity contribution in [3.63, 3.8) is 0 Å². The quantitative estimate of drug-likeness (QED) is 0.672. The zero-order valence-corrected chi connectivity index (χ0v) is 11.9. The molecule has 0 aliphatic heterocycles. The lowest BCUT2D eigenvalue weighted by Crippen LogP contribution is -2.14. The summed E-state index contributed by atoms with van der Waals surface area (Å²) in [5, 5.41) is 4.42. The first kappa shape index (κ1) is 14.1. The number of nitrogens with one attached hydrogen (secondary N) is 1. The average Bonchev–Trinajstić information content (AvgIpc) is 2.89. The van der Waals surface area contributed by atoms with Crippen LogP contribution >= 0.6 is 11.3 Å². The maximum atomic E-state index is 12.1. The van der Waals surface area contributed by atoms with Crippen LogP contribution < -0.4 is 11.1 Å². The van der Waals surface area contributed by atoms with Gasteiger partial charge in [0.1, 0.15) is 4.88 Å². The van der Waals surface area contributed by atoms with Crippen LogP contribution in [-0.4, -0.2) is 19.0 Å². The zero-order chi connectivity index (χ0) is 14.7. The summed E-state index contributed by atoms with van der Waals surface area (Å²) in [7, 11) is 1.30. The van der Waals surface area contributed by atoms with Crippen molar-refractivity contribution >= 4 is 34.6 Å². The molecule has 0 atom stereocenters. The van der Waals surface area contributed by atoms with E-state index in [-0.39, 0.29) is 5.91 Å². The van der Waals surface area contributed by atoms with E-state index in [4.69, 9.17) is 5.73 Å². The van der Waals surface area contributed by atoms with Crippen molar-refractivity contribution in [2.24, 2.45) is 0 Å². The molecule has 1 aromatic carbocycles. The molecule has 20 heavy (non-hydrogen) atoms. The Kier molecular flexibility index (Phi) is 4.05. The molecule has 0 spiro atoms. The van der Waals surface area contributed by atoms with E-state index in [1.807, 2.05) is 6.92 Å². The number of nitrogen functional groups attached to an aromatic ring is 1. The van der Waals surface area contributed by atoms with Crippen molar-refractivity contribution < 1.29 is 14.3 Å². The molecule has 104 valence electrons. The lowest BCUT2D eigenvalue weighted by atomic mass is 10.1. The van der Waals surface area contributed by atoms with E-state index in [1.165, 1.54) is 18.4 Å². The van der Waals surface area contributed by atoms with E-state index < -0.39 is 5.97 Å². The number of nitrogens with two attached hydrogens (primary N) is 1. The van der Waals surface area contributed by atoms with E-state index in [0.717, 1.165) is 5.56 Å². The summed E-state index contributed by atoms with van der Waals surface area (Å²) in [5.41, 5.74) is 8.11. The van der Waals surface area contributed by atoms with Crippen LogP contribution in [0.1, 0.15) is 25.6 Å². The fourth-order valence-electron chi connectivity index (χ4n) is 1.67. The smallest absolute Gasteiger partial charge is 0.350 e. The highest BCUT2D eigenvalue weighted by molar-refractivity contribution is 7.12. The molecule has 6 heteroatoms. The second-order valence-corrected chi connectivity index (χ2v) is 5.10. The average molecular weight is 290 g/mol. The number of carbonyl (C=O) groups is 2. The maximum Gasteiger partial charge on any atom is 0.350 e. The predicted molar refractivity (Wildman–Crippen MR) is 79.2 cm³/mol. The van der Waals surface area contributed by atoms with E-state index >= 15 is 0 Å². The summed E-state index contributed by atoms with van der Waals surface area (Å²) in [6, 6.07) is 6.69. The molecule has 5 nitrogen and oxygen atoms in total. The van der Waals surface area contributed by atoms with Gasteiger partial charge in [0.05, 0.1) is 12.8 Å². The molecule has 0 saturated carbocycles. The summed E-state index contributed by atoms with van der Waals surface area (Å²) < 4.78 is 4.66. The number of amides is 1. The molecule has 2 rings (SSSR count). The minimum absolute atomic E-state index is 0.295. The summed E-state index contributed by atoms with van der Waals surface area (Å²) >= 11 is 1.22. The normalized spacial score (nSPS) is 10.1. The molecule has 3 N–H and O–H groups in total. The second-order valence-electron chi connectivity index (χ2n) is 4.18. The number of aryl methyl sites for hydroxylation is 1. The first-order valence-corrected chi connectivity index (χ1v) is 6.74. The third-order valence-corrected chi connectivity index (χ3v) is 3.71. The van der Waals surface area contributed by atoms with E-state index in [0.29, 0.717) is 21.8 Å². The Hall–Kier alpha value is -2.34. The number of anilines is 2. The summed E-state index contributed by atoms with van der Waals surface area (Å²) in [6.07, 6.45) is 0. The van der Waals surface area contributed by atoms with Crippen LogP contribution in [0.3, 0.4) is 0 Å². The first-order chi connectivity index (χ1) is 9.52. The Morgan fingerprint density at radius 3 is 2.70 bits per heavy atom. The van der Waals surface area contributed by atoms with Crippen molar-refractivity contribution in [2.45, 2.75) is 6.92 Å². The molecule has 0 saturated heterocycles.